The Bertz CT molecular complexity index is 212. The SMILES string of the molecule is COCC1CCCN(CC2(O)CCCC2)C1. The summed E-state index contributed by atoms with van der Waals surface area (Å²) in [6.45, 7) is 4.01. The number of rotatable bonds is 4. The van der Waals surface area contributed by atoms with E-state index in [1.54, 1.807) is 7.11 Å². The third-order valence-corrected chi connectivity index (χ3v) is 4.06. The van der Waals surface area contributed by atoms with Crippen LogP contribution >= 0.6 is 0 Å². The molecule has 1 N–H and O–H groups in total. The van der Waals surface area contributed by atoms with Gasteiger partial charge in [0.15, 0.2) is 0 Å². The van der Waals surface area contributed by atoms with Crippen molar-refractivity contribution in [3.8, 4) is 0 Å². The molecule has 1 saturated heterocycles. The summed E-state index contributed by atoms with van der Waals surface area (Å²) in [7, 11) is 1.78. The summed E-state index contributed by atoms with van der Waals surface area (Å²) in [5, 5.41) is 10.4. The first kappa shape index (κ1) is 12.3. The van der Waals surface area contributed by atoms with Gasteiger partial charge in [-0.1, -0.05) is 12.8 Å². The molecule has 94 valence electrons. The van der Waals surface area contributed by atoms with Gasteiger partial charge in [0.05, 0.1) is 12.2 Å². The van der Waals surface area contributed by atoms with E-state index in [1.165, 1.54) is 25.7 Å². The highest BCUT2D eigenvalue weighted by Gasteiger charge is 2.34. The number of ether oxygens (including phenoxy) is 1. The first-order valence-electron chi connectivity index (χ1n) is 6.65. The largest absolute Gasteiger partial charge is 0.389 e. The lowest BCUT2D eigenvalue weighted by molar-refractivity contribution is -0.00879. The minimum Gasteiger partial charge on any atom is -0.389 e. The summed E-state index contributed by atoms with van der Waals surface area (Å²) in [6.07, 6.45) is 6.93. The van der Waals surface area contributed by atoms with Gasteiger partial charge in [-0.2, -0.15) is 0 Å². The number of hydrogen-bond acceptors (Lipinski definition) is 3. The third-order valence-electron chi connectivity index (χ3n) is 4.06. The molecule has 3 heteroatoms. The van der Waals surface area contributed by atoms with Gasteiger partial charge in [-0.15, -0.1) is 0 Å². The second-order valence-electron chi connectivity index (χ2n) is 5.63. The molecule has 0 amide bonds. The number of aliphatic hydroxyl groups is 1. The van der Waals surface area contributed by atoms with E-state index in [0.717, 1.165) is 39.1 Å². The van der Waals surface area contributed by atoms with Crippen LogP contribution < -0.4 is 0 Å². The van der Waals surface area contributed by atoms with Gasteiger partial charge in [-0.05, 0) is 38.1 Å². The monoisotopic (exact) mass is 227 g/mol. The maximum Gasteiger partial charge on any atom is 0.0774 e. The van der Waals surface area contributed by atoms with E-state index in [0.29, 0.717) is 5.92 Å². The summed E-state index contributed by atoms with van der Waals surface area (Å²) in [5.74, 6) is 0.670. The zero-order valence-electron chi connectivity index (χ0n) is 10.5. The molecule has 1 heterocycles. The van der Waals surface area contributed by atoms with Gasteiger partial charge in [0.25, 0.3) is 0 Å². The van der Waals surface area contributed by atoms with Crippen LogP contribution in [0, 0.1) is 5.92 Å². The molecule has 0 spiro atoms. The van der Waals surface area contributed by atoms with Crippen molar-refractivity contribution in [1.82, 2.24) is 4.90 Å². The van der Waals surface area contributed by atoms with Gasteiger partial charge in [-0.25, -0.2) is 0 Å². The van der Waals surface area contributed by atoms with E-state index in [9.17, 15) is 5.11 Å². The molecule has 2 rings (SSSR count). The molecule has 1 unspecified atom stereocenters. The van der Waals surface area contributed by atoms with Crippen LogP contribution in [0.15, 0.2) is 0 Å². The molecule has 16 heavy (non-hydrogen) atoms. The van der Waals surface area contributed by atoms with Crippen molar-refractivity contribution in [2.24, 2.45) is 5.92 Å². The van der Waals surface area contributed by atoms with Crippen molar-refractivity contribution in [3.05, 3.63) is 0 Å². The minimum atomic E-state index is -0.380. The molecule has 1 atom stereocenters. The smallest absolute Gasteiger partial charge is 0.0774 e. The van der Waals surface area contributed by atoms with Crippen molar-refractivity contribution in [2.75, 3.05) is 33.4 Å². The summed E-state index contributed by atoms with van der Waals surface area (Å²) in [5.41, 5.74) is -0.380. The Hall–Kier alpha value is -0.120. The summed E-state index contributed by atoms with van der Waals surface area (Å²) in [6, 6.07) is 0. The first-order chi connectivity index (χ1) is 7.72. The number of piperidine rings is 1. The second-order valence-corrected chi connectivity index (χ2v) is 5.63. The first-order valence-corrected chi connectivity index (χ1v) is 6.65. The van der Waals surface area contributed by atoms with Crippen LogP contribution in [0.4, 0.5) is 0 Å². The fourth-order valence-corrected chi connectivity index (χ4v) is 3.27. The van der Waals surface area contributed by atoms with Crippen LogP contribution in [0.3, 0.4) is 0 Å². The molecule has 0 aromatic rings. The number of hydrogen-bond donors (Lipinski definition) is 1. The maximum atomic E-state index is 10.4. The molecule has 1 saturated carbocycles. The van der Waals surface area contributed by atoms with Crippen molar-refractivity contribution >= 4 is 0 Å². The predicted molar refractivity (Wildman–Crippen MR) is 64.5 cm³/mol. The lowest BCUT2D eigenvalue weighted by Gasteiger charge is -2.37. The normalized spacial score (nSPS) is 30.8. The molecular weight excluding hydrogens is 202 g/mol. The molecular formula is C13H25NO2. The Balaban J connectivity index is 1.80. The highest BCUT2D eigenvalue weighted by atomic mass is 16.5. The lowest BCUT2D eigenvalue weighted by atomic mass is 9.95. The molecule has 1 aliphatic heterocycles. The van der Waals surface area contributed by atoms with E-state index < -0.39 is 0 Å². The van der Waals surface area contributed by atoms with Crippen LogP contribution in [0.2, 0.25) is 0 Å². The standard InChI is InChI=1S/C13H25NO2/c1-16-10-12-5-4-8-14(9-12)11-13(15)6-2-3-7-13/h12,15H,2-11H2,1H3. The summed E-state index contributed by atoms with van der Waals surface area (Å²) >= 11 is 0. The Morgan fingerprint density at radius 3 is 2.75 bits per heavy atom. The van der Waals surface area contributed by atoms with Gasteiger partial charge < -0.3 is 14.7 Å². The van der Waals surface area contributed by atoms with Crippen LogP contribution in [-0.4, -0.2) is 49.0 Å². The van der Waals surface area contributed by atoms with Crippen LogP contribution in [0.1, 0.15) is 38.5 Å². The molecule has 0 bridgehead atoms. The van der Waals surface area contributed by atoms with Crippen LogP contribution in [-0.2, 0) is 4.74 Å². The molecule has 2 aliphatic rings. The highest BCUT2D eigenvalue weighted by molar-refractivity contribution is 4.88. The van der Waals surface area contributed by atoms with Crippen molar-refractivity contribution in [2.45, 2.75) is 44.1 Å². The molecule has 0 aromatic carbocycles. The Morgan fingerprint density at radius 2 is 2.06 bits per heavy atom. The van der Waals surface area contributed by atoms with E-state index >= 15 is 0 Å². The Morgan fingerprint density at radius 1 is 1.31 bits per heavy atom. The quantitative estimate of drug-likeness (QED) is 0.792. The fourth-order valence-electron chi connectivity index (χ4n) is 3.27. The van der Waals surface area contributed by atoms with E-state index in [4.69, 9.17) is 4.74 Å². The van der Waals surface area contributed by atoms with Crippen molar-refractivity contribution in [3.63, 3.8) is 0 Å². The fraction of sp³-hybridized carbons (Fsp3) is 1.00. The zero-order valence-corrected chi connectivity index (χ0v) is 10.5. The molecule has 0 aromatic heterocycles. The van der Waals surface area contributed by atoms with Gasteiger partial charge in [-0.3, -0.25) is 0 Å². The van der Waals surface area contributed by atoms with Gasteiger partial charge in [0, 0.05) is 20.2 Å². The lowest BCUT2D eigenvalue weighted by Crippen LogP contribution is -2.46. The van der Waals surface area contributed by atoms with Crippen molar-refractivity contribution < 1.29 is 9.84 Å². The van der Waals surface area contributed by atoms with Gasteiger partial charge in [0.1, 0.15) is 0 Å². The van der Waals surface area contributed by atoms with Crippen molar-refractivity contribution in [1.29, 1.82) is 0 Å². The number of β-amino-alcohol motifs (C(OH)–C–C–N with tert-alkyl or cyclic N) is 1. The second kappa shape index (κ2) is 5.48. The average Bonchev–Trinajstić information content (AvgIpc) is 2.66. The van der Waals surface area contributed by atoms with Crippen LogP contribution in [0.25, 0.3) is 0 Å². The Kier molecular flexibility index (Phi) is 4.22. The van der Waals surface area contributed by atoms with E-state index in [2.05, 4.69) is 4.90 Å². The minimum absolute atomic E-state index is 0.380. The predicted octanol–water partition coefficient (Wildman–Crippen LogP) is 1.65. The van der Waals surface area contributed by atoms with Gasteiger partial charge >= 0.3 is 0 Å². The highest BCUT2D eigenvalue weighted by Crippen LogP contribution is 2.31. The molecule has 0 radical (unpaired) electrons. The number of likely N-dealkylation sites (tertiary alicyclic amines) is 1. The van der Waals surface area contributed by atoms with Gasteiger partial charge in [0.2, 0.25) is 0 Å². The number of methoxy groups -OCH3 is 1. The average molecular weight is 227 g/mol. The number of nitrogens with zero attached hydrogens (tertiary/aromatic N) is 1. The summed E-state index contributed by atoms with van der Waals surface area (Å²) in [4.78, 5) is 2.44. The Labute approximate surface area is 98.8 Å². The molecule has 2 fully saturated rings. The van der Waals surface area contributed by atoms with Crippen LogP contribution in [0.5, 0.6) is 0 Å². The molecule has 3 nitrogen and oxygen atoms in total. The molecule has 1 aliphatic carbocycles. The third kappa shape index (κ3) is 3.19. The van der Waals surface area contributed by atoms with E-state index in [1.807, 2.05) is 0 Å². The zero-order chi connectivity index (χ0) is 11.4. The maximum absolute atomic E-state index is 10.4. The topological polar surface area (TPSA) is 32.7 Å². The van der Waals surface area contributed by atoms with E-state index in [-0.39, 0.29) is 5.60 Å². The summed E-state index contributed by atoms with van der Waals surface area (Å²) < 4.78 is 5.24.